The van der Waals surface area contributed by atoms with Crippen molar-refractivity contribution < 1.29 is 9.90 Å². The van der Waals surface area contributed by atoms with Crippen molar-refractivity contribution in [1.82, 2.24) is 4.90 Å². The van der Waals surface area contributed by atoms with E-state index in [4.69, 9.17) is 5.26 Å². The van der Waals surface area contributed by atoms with Crippen LogP contribution < -0.4 is 5.32 Å². The minimum atomic E-state index is -0.363. The number of β-amino-alcohol motifs (C(OH)–C–C–N with tert-alkyl or cyclic N) is 1. The summed E-state index contributed by atoms with van der Waals surface area (Å²) in [4.78, 5) is 13.9. The number of nitrogens with zero attached hydrogens (tertiary/aromatic N) is 2. The monoisotopic (exact) mass is 273 g/mol. The van der Waals surface area contributed by atoms with Gasteiger partial charge in [0.15, 0.2) is 0 Å². The van der Waals surface area contributed by atoms with Gasteiger partial charge in [0.2, 0.25) is 5.91 Å². The molecule has 1 amide bonds. The van der Waals surface area contributed by atoms with Crippen LogP contribution in [0, 0.1) is 17.2 Å². The lowest BCUT2D eigenvalue weighted by molar-refractivity contribution is -0.118. The molecule has 1 aromatic carbocycles. The molecule has 1 aliphatic rings. The summed E-state index contributed by atoms with van der Waals surface area (Å²) in [7, 11) is 0. The van der Waals surface area contributed by atoms with Gasteiger partial charge in [-0.2, -0.15) is 5.26 Å². The van der Waals surface area contributed by atoms with Crippen LogP contribution in [0.1, 0.15) is 18.9 Å². The van der Waals surface area contributed by atoms with Gasteiger partial charge in [0.25, 0.3) is 0 Å². The molecule has 2 unspecified atom stereocenters. The van der Waals surface area contributed by atoms with E-state index in [1.807, 2.05) is 17.9 Å². The molecule has 0 aliphatic carbocycles. The highest BCUT2D eigenvalue weighted by atomic mass is 16.3. The molecule has 0 saturated carbocycles. The van der Waals surface area contributed by atoms with Crippen LogP contribution in [-0.4, -0.2) is 41.7 Å². The molecule has 5 heteroatoms. The smallest absolute Gasteiger partial charge is 0.238 e. The Labute approximate surface area is 118 Å². The third-order valence-electron chi connectivity index (χ3n) is 3.65. The number of aliphatic hydroxyl groups excluding tert-OH is 1. The van der Waals surface area contributed by atoms with Crippen LogP contribution in [0.5, 0.6) is 0 Å². The topological polar surface area (TPSA) is 76.4 Å². The second-order valence-corrected chi connectivity index (χ2v) is 5.31. The molecule has 1 saturated heterocycles. The van der Waals surface area contributed by atoms with Gasteiger partial charge in [-0.25, -0.2) is 0 Å². The number of nitrogens with one attached hydrogen (secondary N) is 1. The Hall–Kier alpha value is -1.90. The number of hydrogen-bond donors (Lipinski definition) is 2. The van der Waals surface area contributed by atoms with E-state index in [-0.39, 0.29) is 18.6 Å². The summed E-state index contributed by atoms with van der Waals surface area (Å²) in [6, 6.07) is 8.87. The fourth-order valence-corrected chi connectivity index (χ4v) is 2.33. The number of piperidine rings is 1. The van der Waals surface area contributed by atoms with Crippen molar-refractivity contribution in [2.45, 2.75) is 19.4 Å². The molecule has 1 heterocycles. The lowest BCUT2D eigenvalue weighted by atomic mass is 9.96. The number of hydrogen-bond acceptors (Lipinski definition) is 4. The Morgan fingerprint density at radius 3 is 3.10 bits per heavy atom. The number of rotatable bonds is 3. The standard InChI is InChI=1S/C15H19N3O2/c1-11-5-6-18(9-14(11)19)10-15(20)17-13-4-2-3-12(7-13)8-16/h2-4,7,11,14,19H,5-6,9-10H2,1H3,(H,17,20). The van der Waals surface area contributed by atoms with E-state index < -0.39 is 0 Å². The molecule has 0 radical (unpaired) electrons. The van der Waals surface area contributed by atoms with Gasteiger partial charge >= 0.3 is 0 Å². The Morgan fingerprint density at radius 2 is 2.40 bits per heavy atom. The molecule has 20 heavy (non-hydrogen) atoms. The highest BCUT2D eigenvalue weighted by Gasteiger charge is 2.25. The summed E-state index contributed by atoms with van der Waals surface area (Å²) >= 11 is 0. The molecular weight excluding hydrogens is 254 g/mol. The minimum absolute atomic E-state index is 0.123. The lowest BCUT2D eigenvalue weighted by Gasteiger charge is -2.33. The number of benzene rings is 1. The molecule has 0 aromatic heterocycles. The van der Waals surface area contributed by atoms with Gasteiger partial charge < -0.3 is 10.4 Å². The second kappa shape index (κ2) is 6.51. The predicted octanol–water partition coefficient (Wildman–Crippen LogP) is 1.20. The van der Waals surface area contributed by atoms with Crippen molar-refractivity contribution in [3.05, 3.63) is 29.8 Å². The third-order valence-corrected chi connectivity index (χ3v) is 3.65. The van der Waals surface area contributed by atoms with Crippen molar-refractivity contribution in [3.63, 3.8) is 0 Å². The minimum Gasteiger partial charge on any atom is -0.392 e. The first kappa shape index (κ1) is 14.5. The van der Waals surface area contributed by atoms with Gasteiger partial charge in [0.1, 0.15) is 0 Å². The van der Waals surface area contributed by atoms with Gasteiger partial charge in [-0.1, -0.05) is 13.0 Å². The predicted molar refractivity (Wildman–Crippen MR) is 76.0 cm³/mol. The van der Waals surface area contributed by atoms with E-state index in [2.05, 4.69) is 5.32 Å². The summed E-state index contributed by atoms with van der Waals surface area (Å²) in [5.41, 5.74) is 1.14. The van der Waals surface area contributed by atoms with Crippen LogP contribution in [0.25, 0.3) is 0 Å². The van der Waals surface area contributed by atoms with E-state index in [0.29, 0.717) is 23.7 Å². The van der Waals surface area contributed by atoms with Crippen molar-refractivity contribution in [2.75, 3.05) is 25.0 Å². The van der Waals surface area contributed by atoms with E-state index in [9.17, 15) is 9.90 Å². The Morgan fingerprint density at radius 1 is 1.60 bits per heavy atom. The maximum atomic E-state index is 12.0. The maximum Gasteiger partial charge on any atom is 0.238 e. The first-order valence-corrected chi connectivity index (χ1v) is 6.79. The maximum absolute atomic E-state index is 12.0. The summed E-state index contributed by atoms with van der Waals surface area (Å²) in [6.45, 7) is 3.65. The Kier molecular flexibility index (Phi) is 4.72. The number of likely N-dealkylation sites (tertiary alicyclic amines) is 1. The Balaban J connectivity index is 1.88. The van der Waals surface area contributed by atoms with Crippen molar-refractivity contribution >= 4 is 11.6 Å². The van der Waals surface area contributed by atoms with Crippen LogP contribution in [0.15, 0.2) is 24.3 Å². The molecule has 2 rings (SSSR count). The summed E-state index contributed by atoms with van der Waals surface area (Å²) < 4.78 is 0. The van der Waals surface area contributed by atoms with Gasteiger partial charge in [0, 0.05) is 12.2 Å². The van der Waals surface area contributed by atoms with E-state index in [1.165, 1.54) is 0 Å². The summed E-state index contributed by atoms with van der Waals surface area (Å²) in [5.74, 6) is 0.170. The zero-order valence-electron chi connectivity index (χ0n) is 11.5. The highest BCUT2D eigenvalue weighted by Crippen LogP contribution is 2.17. The van der Waals surface area contributed by atoms with Crippen LogP contribution in [-0.2, 0) is 4.79 Å². The number of amides is 1. The summed E-state index contributed by atoms with van der Waals surface area (Å²) in [6.07, 6.45) is 0.539. The zero-order chi connectivity index (χ0) is 14.5. The first-order chi connectivity index (χ1) is 9.58. The first-order valence-electron chi connectivity index (χ1n) is 6.79. The molecule has 2 N–H and O–H groups in total. The second-order valence-electron chi connectivity index (χ2n) is 5.31. The van der Waals surface area contributed by atoms with Gasteiger partial charge in [0.05, 0.1) is 24.3 Å². The van der Waals surface area contributed by atoms with E-state index in [1.54, 1.807) is 24.3 Å². The number of carbonyl (C=O) groups is 1. The molecule has 0 bridgehead atoms. The van der Waals surface area contributed by atoms with Gasteiger partial charge in [-0.3, -0.25) is 9.69 Å². The van der Waals surface area contributed by atoms with Crippen molar-refractivity contribution in [2.24, 2.45) is 5.92 Å². The van der Waals surface area contributed by atoms with Gasteiger partial charge in [-0.05, 0) is 37.1 Å². The lowest BCUT2D eigenvalue weighted by Crippen LogP contribution is -2.45. The average molecular weight is 273 g/mol. The molecule has 1 fully saturated rings. The highest BCUT2D eigenvalue weighted by molar-refractivity contribution is 5.92. The fraction of sp³-hybridized carbons (Fsp3) is 0.467. The van der Waals surface area contributed by atoms with Crippen LogP contribution in [0.4, 0.5) is 5.69 Å². The normalized spacial score (nSPS) is 23.1. The number of aliphatic hydroxyl groups is 1. The quantitative estimate of drug-likeness (QED) is 0.867. The molecule has 1 aromatic rings. The number of carbonyl (C=O) groups excluding carboxylic acids is 1. The molecular formula is C15H19N3O2. The van der Waals surface area contributed by atoms with Crippen LogP contribution >= 0.6 is 0 Å². The van der Waals surface area contributed by atoms with Crippen LogP contribution in [0.3, 0.4) is 0 Å². The largest absolute Gasteiger partial charge is 0.392 e. The van der Waals surface area contributed by atoms with E-state index >= 15 is 0 Å². The third kappa shape index (κ3) is 3.80. The number of anilines is 1. The summed E-state index contributed by atoms with van der Waals surface area (Å²) in [5, 5.41) is 21.4. The molecule has 1 aliphatic heterocycles. The van der Waals surface area contributed by atoms with Crippen molar-refractivity contribution in [3.8, 4) is 6.07 Å². The van der Waals surface area contributed by atoms with Gasteiger partial charge in [-0.15, -0.1) is 0 Å². The molecule has 5 nitrogen and oxygen atoms in total. The van der Waals surface area contributed by atoms with Crippen LogP contribution in [0.2, 0.25) is 0 Å². The fourth-order valence-electron chi connectivity index (χ4n) is 2.33. The van der Waals surface area contributed by atoms with E-state index in [0.717, 1.165) is 13.0 Å². The molecule has 2 atom stereocenters. The SMILES string of the molecule is CC1CCN(CC(=O)Nc2cccc(C#N)c2)CC1O. The molecule has 106 valence electrons. The average Bonchev–Trinajstić information content (AvgIpc) is 2.43. The number of nitriles is 1. The Bertz CT molecular complexity index is 524. The van der Waals surface area contributed by atoms with Crippen molar-refractivity contribution in [1.29, 1.82) is 5.26 Å². The zero-order valence-corrected chi connectivity index (χ0v) is 11.5. The molecule has 0 spiro atoms.